The van der Waals surface area contributed by atoms with Gasteiger partial charge in [-0.2, -0.15) is 0 Å². The molecule has 0 aromatic carbocycles. The van der Waals surface area contributed by atoms with Gasteiger partial charge < -0.3 is 14.6 Å². The molecule has 0 aromatic heterocycles. The Hall–Kier alpha value is -0.450. The number of hydrogen-bond donors (Lipinski definition) is 1. The minimum atomic E-state index is -1.40. The summed E-state index contributed by atoms with van der Waals surface area (Å²) in [6, 6.07) is 0. The molecule has 0 unspecified atom stereocenters. The van der Waals surface area contributed by atoms with Gasteiger partial charge in [0, 0.05) is 0 Å². The Labute approximate surface area is 70.5 Å². The van der Waals surface area contributed by atoms with Crippen LogP contribution in [-0.2, 0) is 14.3 Å². The highest BCUT2D eigenvalue weighted by Crippen LogP contribution is 2.35. The fourth-order valence-electron chi connectivity index (χ4n) is 1.69. The van der Waals surface area contributed by atoms with E-state index >= 15 is 0 Å². The largest absolute Gasteiger partial charge is 0.377 e. The third kappa shape index (κ3) is 0.990. The van der Waals surface area contributed by atoms with Crippen LogP contribution in [0.1, 0.15) is 19.8 Å². The lowest BCUT2D eigenvalue weighted by molar-refractivity contribution is -0.209. The van der Waals surface area contributed by atoms with Crippen molar-refractivity contribution in [1.29, 1.82) is 0 Å². The van der Waals surface area contributed by atoms with E-state index in [4.69, 9.17) is 9.47 Å². The standard InChI is InChI=1S/C8H12O4/c1-5(9)8(10)3-2-6-4-11-7(8)12-6/h6-7,10H,2-4H2,1H3/t6-,7+,8-/m0/s1. The van der Waals surface area contributed by atoms with Crippen LogP contribution in [0.4, 0.5) is 0 Å². The molecule has 0 spiro atoms. The molecule has 0 radical (unpaired) electrons. The molecule has 2 bridgehead atoms. The molecular formula is C8H12O4. The van der Waals surface area contributed by atoms with E-state index in [1.807, 2.05) is 0 Å². The molecule has 3 atom stereocenters. The zero-order valence-electron chi connectivity index (χ0n) is 6.95. The summed E-state index contributed by atoms with van der Waals surface area (Å²) in [7, 11) is 0. The number of carbonyl (C=O) groups excluding carboxylic acids is 1. The van der Waals surface area contributed by atoms with Crippen LogP contribution in [-0.4, -0.2) is 35.5 Å². The highest BCUT2D eigenvalue weighted by atomic mass is 16.7. The van der Waals surface area contributed by atoms with Crippen molar-refractivity contribution in [3.05, 3.63) is 0 Å². The quantitative estimate of drug-likeness (QED) is 0.597. The van der Waals surface area contributed by atoms with E-state index in [2.05, 4.69) is 0 Å². The molecule has 2 saturated heterocycles. The highest BCUT2D eigenvalue weighted by Gasteiger charge is 2.51. The molecule has 4 nitrogen and oxygen atoms in total. The number of Topliss-reactive ketones (excluding diaryl/α,β-unsaturated/α-hetero) is 1. The summed E-state index contributed by atoms with van der Waals surface area (Å²) >= 11 is 0. The van der Waals surface area contributed by atoms with Crippen LogP contribution >= 0.6 is 0 Å². The predicted octanol–water partition coefficient (Wildman–Crippen LogP) is -0.158. The molecule has 12 heavy (non-hydrogen) atoms. The van der Waals surface area contributed by atoms with Gasteiger partial charge in [-0.25, -0.2) is 0 Å². The monoisotopic (exact) mass is 172 g/mol. The first kappa shape index (κ1) is 8.16. The molecular weight excluding hydrogens is 160 g/mol. The van der Waals surface area contributed by atoms with Crippen molar-refractivity contribution in [2.24, 2.45) is 0 Å². The van der Waals surface area contributed by atoms with Gasteiger partial charge in [-0.3, -0.25) is 4.79 Å². The maximum Gasteiger partial charge on any atom is 0.194 e. The fourth-order valence-corrected chi connectivity index (χ4v) is 1.69. The summed E-state index contributed by atoms with van der Waals surface area (Å²) in [4.78, 5) is 11.1. The molecule has 0 saturated carbocycles. The molecule has 2 rings (SSSR count). The van der Waals surface area contributed by atoms with Gasteiger partial charge in [-0.05, 0) is 19.8 Å². The summed E-state index contributed by atoms with van der Waals surface area (Å²) in [5.41, 5.74) is -1.40. The van der Waals surface area contributed by atoms with E-state index in [-0.39, 0.29) is 11.9 Å². The Morgan fingerprint density at radius 3 is 3.08 bits per heavy atom. The second kappa shape index (κ2) is 2.52. The third-order valence-corrected chi connectivity index (χ3v) is 2.60. The van der Waals surface area contributed by atoms with Crippen LogP contribution in [0.3, 0.4) is 0 Å². The van der Waals surface area contributed by atoms with E-state index in [0.29, 0.717) is 19.4 Å². The number of hydrogen-bond acceptors (Lipinski definition) is 4. The van der Waals surface area contributed by atoms with Gasteiger partial charge in [0.05, 0.1) is 12.7 Å². The van der Waals surface area contributed by atoms with E-state index < -0.39 is 11.9 Å². The van der Waals surface area contributed by atoms with Crippen molar-refractivity contribution < 1.29 is 19.4 Å². The van der Waals surface area contributed by atoms with Crippen LogP contribution in [0.2, 0.25) is 0 Å². The maximum absolute atomic E-state index is 11.1. The molecule has 2 fully saturated rings. The van der Waals surface area contributed by atoms with Crippen molar-refractivity contribution in [3.8, 4) is 0 Å². The van der Waals surface area contributed by atoms with Gasteiger partial charge in [-0.1, -0.05) is 0 Å². The predicted molar refractivity (Wildman–Crippen MR) is 39.5 cm³/mol. The third-order valence-electron chi connectivity index (χ3n) is 2.60. The van der Waals surface area contributed by atoms with Crippen LogP contribution < -0.4 is 0 Å². The lowest BCUT2D eigenvalue weighted by Crippen LogP contribution is -2.51. The number of rotatable bonds is 1. The molecule has 4 heteroatoms. The Morgan fingerprint density at radius 1 is 1.67 bits per heavy atom. The number of carbonyl (C=O) groups is 1. The van der Waals surface area contributed by atoms with E-state index in [9.17, 15) is 9.90 Å². The van der Waals surface area contributed by atoms with Gasteiger partial charge >= 0.3 is 0 Å². The van der Waals surface area contributed by atoms with Gasteiger partial charge in [0.1, 0.15) is 0 Å². The first-order chi connectivity index (χ1) is 5.63. The minimum Gasteiger partial charge on any atom is -0.377 e. The Balaban J connectivity index is 2.21. The molecule has 2 heterocycles. The van der Waals surface area contributed by atoms with Crippen molar-refractivity contribution in [1.82, 2.24) is 0 Å². The highest BCUT2D eigenvalue weighted by molar-refractivity contribution is 5.85. The van der Waals surface area contributed by atoms with Crippen LogP contribution in [0.25, 0.3) is 0 Å². The van der Waals surface area contributed by atoms with Gasteiger partial charge in [0.2, 0.25) is 0 Å². The first-order valence-corrected chi connectivity index (χ1v) is 4.13. The van der Waals surface area contributed by atoms with Crippen molar-refractivity contribution in [2.75, 3.05) is 6.61 Å². The van der Waals surface area contributed by atoms with Crippen molar-refractivity contribution in [2.45, 2.75) is 37.8 Å². The Bertz CT molecular complexity index is 215. The molecule has 2 aliphatic rings. The van der Waals surface area contributed by atoms with Gasteiger partial charge in [0.15, 0.2) is 17.7 Å². The second-order valence-corrected chi connectivity index (χ2v) is 3.44. The Kier molecular flexibility index (Phi) is 1.71. The number of fused-ring (bicyclic) bond motifs is 2. The van der Waals surface area contributed by atoms with Crippen molar-refractivity contribution in [3.63, 3.8) is 0 Å². The molecule has 0 aromatic rings. The lowest BCUT2D eigenvalue weighted by atomic mass is 9.90. The molecule has 68 valence electrons. The van der Waals surface area contributed by atoms with E-state index in [1.165, 1.54) is 6.92 Å². The smallest absolute Gasteiger partial charge is 0.194 e. The number of aliphatic hydroxyl groups is 1. The normalized spacial score (nSPS) is 46.2. The summed E-state index contributed by atoms with van der Waals surface area (Å²) in [5.74, 6) is -0.271. The summed E-state index contributed by atoms with van der Waals surface area (Å²) < 4.78 is 10.4. The van der Waals surface area contributed by atoms with Crippen LogP contribution in [0.5, 0.6) is 0 Å². The van der Waals surface area contributed by atoms with E-state index in [0.717, 1.165) is 0 Å². The van der Waals surface area contributed by atoms with Crippen LogP contribution in [0.15, 0.2) is 0 Å². The minimum absolute atomic E-state index is 0.0784. The fraction of sp³-hybridized carbons (Fsp3) is 0.875. The molecule has 1 N–H and O–H groups in total. The maximum atomic E-state index is 11.1. The lowest BCUT2D eigenvalue weighted by Gasteiger charge is -2.33. The number of ether oxygens (including phenoxy) is 2. The van der Waals surface area contributed by atoms with Gasteiger partial charge in [0.25, 0.3) is 0 Å². The van der Waals surface area contributed by atoms with Crippen molar-refractivity contribution >= 4 is 5.78 Å². The summed E-state index contributed by atoms with van der Waals surface area (Å²) in [5, 5.41) is 9.84. The van der Waals surface area contributed by atoms with Gasteiger partial charge in [-0.15, -0.1) is 0 Å². The topological polar surface area (TPSA) is 55.8 Å². The second-order valence-electron chi connectivity index (χ2n) is 3.44. The number of ketones is 1. The summed E-state index contributed by atoms with van der Waals surface area (Å²) in [6.07, 6.45) is 0.507. The zero-order valence-corrected chi connectivity index (χ0v) is 6.95. The zero-order chi connectivity index (χ0) is 8.77. The average molecular weight is 172 g/mol. The Morgan fingerprint density at radius 2 is 2.42 bits per heavy atom. The molecule has 2 aliphatic heterocycles. The first-order valence-electron chi connectivity index (χ1n) is 4.13. The SMILES string of the molecule is CC(=O)[C@@]1(O)CC[C@H]2CO[C@@H]1O2. The summed E-state index contributed by atoms with van der Waals surface area (Å²) in [6.45, 7) is 1.87. The molecule has 0 aliphatic carbocycles. The average Bonchev–Trinajstić information content (AvgIpc) is 2.43. The van der Waals surface area contributed by atoms with E-state index in [1.54, 1.807) is 0 Å². The van der Waals surface area contributed by atoms with Crippen LogP contribution in [0, 0.1) is 0 Å². The molecule has 0 amide bonds.